The van der Waals surface area contributed by atoms with E-state index in [2.05, 4.69) is 4.72 Å². The third kappa shape index (κ3) is 3.73. The molecule has 2 aromatic carbocycles. The maximum absolute atomic E-state index is 12.6. The number of anilines is 1. The lowest BCUT2D eigenvalue weighted by Crippen LogP contribution is -2.31. The van der Waals surface area contributed by atoms with E-state index >= 15 is 0 Å². The molecular weight excluding hydrogens is 352 g/mol. The molecule has 1 aliphatic rings. The Hall–Kier alpha value is -2.38. The van der Waals surface area contributed by atoms with Crippen molar-refractivity contribution in [1.82, 2.24) is 4.72 Å². The molecule has 0 atom stereocenters. The zero-order chi connectivity index (χ0) is 18.7. The number of benzene rings is 2. The van der Waals surface area contributed by atoms with Crippen LogP contribution in [0.3, 0.4) is 0 Å². The maximum Gasteiger partial charge on any atom is 0.240 e. The fourth-order valence-electron chi connectivity index (χ4n) is 3.11. The second-order valence-corrected chi connectivity index (χ2v) is 7.97. The Kier molecular flexibility index (Phi) is 5.29. The van der Waals surface area contributed by atoms with Crippen molar-refractivity contribution in [3.8, 4) is 5.75 Å². The molecule has 0 bridgehead atoms. The van der Waals surface area contributed by atoms with E-state index in [4.69, 9.17) is 4.74 Å². The summed E-state index contributed by atoms with van der Waals surface area (Å²) in [5, 5.41) is 0. The van der Waals surface area contributed by atoms with Gasteiger partial charge in [-0.05, 0) is 48.2 Å². The van der Waals surface area contributed by atoms with Crippen molar-refractivity contribution < 1.29 is 17.9 Å². The highest BCUT2D eigenvalue weighted by Crippen LogP contribution is 2.29. The average molecular weight is 374 g/mol. The van der Waals surface area contributed by atoms with Crippen LogP contribution in [0.4, 0.5) is 5.69 Å². The van der Waals surface area contributed by atoms with Gasteiger partial charge in [-0.1, -0.05) is 18.2 Å². The number of hydrogen-bond donors (Lipinski definition) is 1. The van der Waals surface area contributed by atoms with Crippen molar-refractivity contribution in [2.45, 2.75) is 24.2 Å². The molecule has 0 radical (unpaired) electrons. The quantitative estimate of drug-likeness (QED) is 0.840. The van der Waals surface area contributed by atoms with Crippen LogP contribution in [0.1, 0.15) is 17.5 Å². The van der Waals surface area contributed by atoms with Crippen molar-refractivity contribution in [3.63, 3.8) is 0 Å². The molecule has 1 amide bonds. The van der Waals surface area contributed by atoms with Crippen LogP contribution in [-0.4, -0.2) is 35.0 Å². The number of para-hydroxylation sites is 1. The molecule has 26 heavy (non-hydrogen) atoms. The molecule has 0 aromatic heterocycles. The molecule has 1 aliphatic heterocycles. The number of nitrogens with zero attached hydrogens (tertiary/aromatic N) is 1. The lowest BCUT2D eigenvalue weighted by atomic mass is 10.0. The van der Waals surface area contributed by atoms with Crippen LogP contribution in [0.5, 0.6) is 5.75 Å². The lowest BCUT2D eigenvalue weighted by Gasteiger charge is -2.26. The summed E-state index contributed by atoms with van der Waals surface area (Å²) in [6, 6.07) is 12.4. The zero-order valence-corrected chi connectivity index (χ0v) is 15.7. The summed E-state index contributed by atoms with van der Waals surface area (Å²) < 4.78 is 33.1. The number of methoxy groups -OCH3 is 1. The van der Waals surface area contributed by atoms with Crippen molar-refractivity contribution in [3.05, 3.63) is 53.6 Å². The maximum atomic E-state index is 12.6. The van der Waals surface area contributed by atoms with Crippen LogP contribution in [0, 0.1) is 0 Å². The van der Waals surface area contributed by atoms with Gasteiger partial charge in [0.05, 0.1) is 12.0 Å². The molecular formula is C19H22N2O4S. The fourth-order valence-corrected chi connectivity index (χ4v) is 4.20. The topological polar surface area (TPSA) is 75.7 Å². The summed E-state index contributed by atoms with van der Waals surface area (Å²) >= 11 is 0. The Labute approximate surface area is 153 Å². The minimum Gasteiger partial charge on any atom is -0.496 e. The van der Waals surface area contributed by atoms with E-state index in [9.17, 15) is 13.2 Å². The van der Waals surface area contributed by atoms with E-state index < -0.39 is 10.0 Å². The molecule has 3 rings (SSSR count). The second-order valence-electron chi connectivity index (χ2n) is 6.20. The van der Waals surface area contributed by atoms with E-state index in [-0.39, 0.29) is 17.3 Å². The second kappa shape index (κ2) is 7.47. The van der Waals surface area contributed by atoms with Gasteiger partial charge in [0.1, 0.15) is 5.75 Å². The van der Waals surface area contributed by atoms with Gasteiger partial charge < -0.3 is 9.64 Å². The van der Waals surface area contributed by atoms with E-state index in [1.807, 2.05) is 24.3 Å². The molecule has 2 aromatic rings. The van der Waals surface area contributed by atoms with Gasteiger partial charge in [0, 0.05) is 25.7 Å². The summed E-state index contributed by atoms with van der Waals surface area (Å²) in [4.78, 5) is 13.5. The number of aryl methyl sites for hydroxylation is 1. The number of ether oxygens (including phenoxy) is 1. The molecule has 0 unspecified atom stereocenters. The number of sulfonamides is 1. The van der Waals surface area contributed by atoms with Crippen LogP contribution in [0.15, 0.2) is 47.4 Å². The molecule has 0 fully saturated rings. The van der Waals surface area contributed by atoms with Gasteiger partial charge in [-0.3, -0.25) is 4.79 Å². The van der Waals surface area contributed by atoms with Gasteiger partial charge in [-0.25, -0.2) is 13.1 Å². The summed E-state index contributed by atoms with van der Waals surface area (Å²) in [6.45, 7) is 0.276. The molecule has 1 N–H and O–H groups in total. The van der Waals surface area contributed by atoms with Gasteiger partial charge in [-0.2, -0.15) is 0 Å². The largest absolute Gasteiger partial charge is 0.496 e. The first-order valence-electron chi connectivity index (χ1n) is 8.43. The smallest absolute Gasteiger partial charge is 0.240 e. The van der Waals surface area contributed by atoms with Crippen molar-refractivity contribution in [2.75, 3.05) is 25.6 Å². The summed E-state index contributed by atoms with van der Waals surface area (Å²) in [6.07, 6.45) is 1.49. The molecule has 138 valence electrons. The number of carbonyl (C=O) groups is 1. The monoisotopic (exact) mass is 374 g/mol. The van der Waals surface area contributed by atoms with Crippen molar-refractivity contribution in [2.24, 2.45) is 0 Å². The molecule has 0 saturated heterocycles. The average Bonchev–Trinajstić information content (AvgIpc) is 2.65. The third-order valence-corrected chi connectivity index (χ3v) is 6.04. The number of hydrogen-bond acceptors (Lipinski definition) is 4. The zero-order valence-electron chi connectivity index (χ0n) is 14.9. The van der Waals surface area contributed by atoms with Gasteiger partial charge >= 0.3 is 0 Å². The predicted molar refractivity (Wildman–Crippen MR) is 100 cm³/mol. The fraction of sp³-hybridized carbons (Fsp3) is 0.316. The minimum atomic E-state index is -3.61. The lowest BCUT2D eigenvalue weighted by molar-refractivity contribution is -0.118. The Balaban J connectivity index is 1.72. The first-order valence-corrected chi connectivity index (χ1v) is 9.92. The minimum absolute atomic E-state index is 0.0445. The molecule has 0 saturated carbocycles. The summed E-state index contributed by atoms with van der Waals surface area (Å²) in [5.41, 5.74) is 2.59. The van der Waals surface area contributed by atoms with E-state index in [1.54, 1.807) is 37.3 Å². The third-order valence-electron chi connectivity index (χ3n) is 4.58. The standard InChI is InChI=1S/C19H22N2O4S/c1-21-17-9-8-16(13-15(17)7-10-19(21)22)26(23,24)20-12-11-14-5-3-4-6-18(14)25-2/h3-6,8-9,13,20H,7,10-12H2,1-2H3. The van der Waals surface area contributed by atoms with Crippen LogP contribution in [-0.2, 0) is 27.7 Å². The molecule has 6 nitrogen and oxygen atoms in total. The van der Waals surface area contributed by atoms with Crippen molar-refractivity contribution >= 4 is 21.6 Å². The summed E-state index contributed by atoms with van der Waals surface area (Å²) in [5.74, 6) is 0.788. The van der Waals surface area contributed by atoms with E-state index in [1.165, 1.54) is 0 Å². The van der Waals surface area contributed by atoms with Crippen molar-refractivity contribution in [1.29, 1.82) is 0 Å². The Morgan fingerprint density at radius 1 is 1.15 bits per heavy atom. The first-order chi connectivity index (χ1) is 12.4. The molecule has 1 heterocycles. The number of carbonyl (C=O) groups excluding carboxylic acids is 1. The summed E-state index contributed by atoms with van der Waals surface area (Å²) in [7, 11) is -0.305. The molecule has 7 heteroatoms. The van der Waals surface area contributed by atoms with Crippen LogP contribution in [0.25, 0.3) is 0 Å². The van der Waals surface area contributed by atoms with Crippen LogP contribution in [0.2, 0.25) is 0 Å². The number of rotatable bonds is 6. The number of amides is 1. The van der Waals surface area contributed by atoms with E-state index in [0.717, 1.165) is 22.6 Å². The van der Waals surface area contributed by atoms with Crippen LogP contribution < -0.4 is 14.4 Å². The highest BCUT2D eigenvalue weighted by atomic mass is 32.2. The number of fused-ring (bicyclic) bond motifs is 1. The van der Waals surface area contributed by atoms with Gasteiger partial charge in [0.25, 0.3) is 0 Å². The Morgan fingerprint density at radius 2 is 1.92 bits per heavy atom. The Morgan fingerprint density at radius 3 is 2.69 bits per heavy atom. The van der Waals surface area contributed by atoms with E-state index in [0.29, 0.717) is 19.3 Å². The molecule has 0 aliphatic carbocycles. The predicted octanol–water partition coefficient (Wildman–Crippen LogP) is 2.13. The number of nitrogens with one attached hydrogen (secondary N) is 1. The van der Waals surface area contributed by atoms with Gasteiger partial charge in [0.2, 0.25) is 15.9 Å². The highest BCUT2D eigenvalue weighted by molar-refractivity contribution is 7.89. The highest BCUT2D eigenvalue weighted by Gasteiger charge is 2.23. The SMILES string of the molecule is COc1ccccc1CCNS(=O)(=O)c1ccc2c(c1)CCC(=O)N2C. The van der Waals surface area contributed by atoms with Crippen LogP contribution >= 0.6 is 0 Å². The normalized spacial score (nSPS) is 14.2. The molecule has 0 spiro atoms. The Bertz CT molecular complexity index is 925. The van der Waals surface area contributed by atoms with Gasteiger partial charge in [-0.15, -0.1) is 0 Å². The first kappa shape index (κ1) is 18.4. The van der Waals surface area contributed by atoms with Gasteiger partial charge in [0.15, 0.2) is 0 Å².